The molecule has 4 heterocycles. The molecule has 2 aromatic heterocycles. The van der Waals surface area contributed by atoms with E-state index in [0.717, 1.165) is 23.1 Å². The van der Waals surface area contributed by atoms with Gasteiger partial charge in [0.15, 0.2) is 0 Å². The number of hydrogen-bond donors (Lipinski definition) is 2. The summed E-state index contributed by atoms with van der Waals surface area (Å²) in [6.45, 7) is 6.93. The molecule has 0 radical (unpaired) electrons. The van der Waals surface area contributed by atoms with Gasteiger partial charge in [-0.1, -0.05) is 30.0 Å². The van der Waals surface area contributed by atoms with Gasteiger partial charge >= 0.3 is 12.3 Å². The van der Waals surface area contributed by atoms with Gasteiger partial charge in [-0.2, -0.15) is 13.2 Å². The largest absolute Gasteiger partial charge is 0.443 e. The molecule has 6 rings (SSSR count). The molecular formula is C41H45F3N8O4. The van der Waals surface area contributed by atoms with Crippen LogP contribution in [0.3, 0.4) is 0 Å². The van der Waals surface area contributed by atoms with Crippen LogP contribution >= 0.6 is 0 Å². The Bertz CT molecular complexity index is 2230. The molecule has 3 N–H and O–H groups in total. The fourth-order valence-corrected chi connectivity index (χ4v) is 6.96. The second-order valence-corrected chi connectivity index (χ2v) is 15.3. The summed E-state index contributed by atoms with van der Waals surface area (Å²) in [5, 5.41) is 2.62. The van der Waals surface area contributed by atoms with Crippen LogP contribution in [0.1, 0.15) is 71.1 Å². The number of alkyl halides is 3. The number of rotatable bonds is 7. The summed E-state index contributed by atoms with van der Waals surface area (Å²) in [4.78, 5) is 53.0. The van der Waals surface area contributed by atoms with E-state index in [1.54, 1.807) is 58.2 Å². The quantitative estimate of drug-likeness (QED) is 0.226. The van der Waals surface area contributed by atoms with Crippen LogP contribution in [0.5, 0.6) is 0 Å². The number of imide groups is 1. The number of carbonyl (C=O) groups is 3. The van der Waals surface area contributed by atoms with Gasteiger partial charge < -0.3 is 25.3 Å². The molecule has 0 bridgehead atoms. The van der Waals surface area contributed by atoms with Crippen LogP contribution in [0, 0.1) is 11.8 Å². The summed E-state index contributed by atoms with van der Waals surface area (Å²) < 4.78 is 49.7. The van der Waals surface area contributed by atoms with Crippen molar-refractivity contribution in [1.29, 1.82) is 0 Å². The maximum absolute atomic E-state index is 14.1. The Labute approximate surface area is 323 Å². The highest BCUT2D eigenvalue weighted by Crippen LogP contribution is 2.35. The minimum Gasteiger partial charge on any atom is -0.443 e. The number of nitrogens with one attached hydrogen (secondary N) is 1. The minimum atomic E-state index is -4.58. The molecule has 3 amide bonds. The zero-order valence-electron chi connectivity index (χ0n) is 32.3. The lowest BCUT2D eigenvalue weighted by atomic mass is 10.0. The molecule has 12 nitrogen and oxygen atoms in total. The van der Waals surface area contributed by atoms with Crippen molar-refractivity contribution in [2.24, 2.45) is 7.05 Å². The number of benzene rings is 2. The summed E-state index contributed by atoms with van der Waals surface area (Å²) >= 11 is 0. The number of amides is 3. The van der Waals surface area contributed by atoms with E-state index in [1.165, 1.54) is 18.3 Å². The maximum atomic E-state index is 14.1. The molecule has 4 aromatic rings. The molecule has 1 fully saturated rings. The standard InChI is InChI=1S/C41H45F3N8O4/c1-40(2,3)56-39(55)52-17-15-33-31(37(52)54)21-34(50(33)6)36-27(22-46-38(45)48-36)11-10-25-8-7-9-26(18-25)19-35(53)47-29-13-12-28(32(20-29)41(42,43)44)23-51-16-14-30(24-51)49(4)5/h7-9,12-13,18,20-22,30H,14-17,19,23-24H2,1-6H3,(H,47,53)(H2,45,46,48). The van der Waals surface area contributed by atoms with Crippen molar-refractivity contribution in [2.75, 3.05) is 44.8 Å². The molecule has 1 unspecified atom stereocenters. The number of likely N-dealkylation sites (N-methyl/N-ethyl adjacent to an activating group) is 1. The normalized spacial score (nSPS) is 16.1. The van der Waals surface area contributed by atoms with E-state index < -0.39 is 35.2 Å². The van der Waals surface area contributed by atoms with E-state index >= 15 is 0 Å². The molecule has 1 saturated heterocycles. The van der Waals surface area contributed by atoms with Gasteiger partial charge in [0.25, 0.3) is 5.91 Å². The van der Waals surface area contributed by atoms with Crippen LogP contribution in [0.4, 0.5) is 29.6 Å². The van der Waals surface area contributed by atoms with Gasteiger partial charge in [-0.25, -0.2) is 19.7 Å². The number of nitrogen functional groups attached to an aromatic ring is 1. The number of nitrogens with zero attached hydrogens (tertiary/aromatic N) is 6. The van der Waals surface area contributed by atoms with Gasteiger partial charge in [-0.3, -0.25) is 14.5 Å². The monoisotopic (exact) mass is 770 g/mol. The summed E-state index contributed by atoms with van der Waals surface area (Å²) in [6.07, 6.45) is -2.62. The molecule has 1 atom stereocenters. The van der Waals surface area contributed by atoms with Crippen LogP contribution in [-0.4, -0.2) is 92.5 Å². The summed E-state index contributed by atoms with van der Waals surface area (Å²) in [5.41, 5.74) is 8.26. The first-order valence-corrected chi connectivity index (χ1v) is 18.2. The van der Waals surface area contributed by atoms with Gasteiger partial charge in [0.05, 0.1) is 28.8 Å². The van der Waals surface area contributed by atoms with Gasteiger partial charge in [0, 0.05) is 68.8 Å². The van der Waals surface area contributed by atoms with Crippen molar-refractivity contribution >= 4 is 29.5 Å². The first-order chi connectivity index (χ1) is 26.4. The lowest BCUT2D eigenvalue weighted by Crippen LogP contribution is -2.44. The highest BCUT2D eigenvalue weighted by Gasteiger charge is 2.36. The van der Waals surface area contributed by atoms with Crippen LogP contribution in [0.25, 0.3) is 11.4 Å². The van der Waals surface area contributed by atoms with E-state index in [1.807, 2.05) is 23.6 Å². The number of likely N-dealkylation sites (tertiary alicyclic amines) is 1. The number of hydrogen-bond acceptors (Lipinski definition) is 9. The van der Waals surface area contributed by atoms with Crippen molar-refractivity contribution in [3.8, 4) is 23.2 Å². The topological polar surface area (TPSA) is 139 Å². The summed E-state index contributed by atoms with van der Waals surface area (Å²) in [6, 6.07) is 12.8. The third-order valence-corrected chi connectivity index (χ3v) is 9.77. The van der Waals surface area contributed by atoms with Crippen molar-refractivity contribution in [1.82, 2.24) is 29.2 Å². The molecule has 0 aliphatic carbocycles. The van der Waals surface area contributed by atoms with E-state index in [4.69, 9.17) is 10.5 Å². The Morgan fingerprint density at radius 1 is 1.07 bits per heavy atom. The SMILES string of the molecule is CN(C)C1CCN(Cc2ccc(NC(=O)Cc3cccc(C#Cc4cnc(N)nc4-c4cc5c(n4C)CCN(C(=O)OC(C)(C)C)C5=O)c3)cc2C(F)(F)F)C1. The Hall–Kier alpha value is -5.72. The van der Waals surface area contributed by atoms with Crippen LogP contribution in [-0.2, 0) is 42.1 Å². The number of aromatic nitrogens is 3. The lowest BCUT2D eigenvalue weighted by molar-refractivity contribution is -0.138. The van der Waals surface area contributed by atoms with Crippen molar-refractivity contribution in [3.63, 3.8) is 0 Å². The number of fused-ring (bicyclic) bond motifs is 1. The van der Waals surface area contributed by atoms with Crippen molar-refractivity contribution < 1.29 is 32.3 Å². The number of halogens is 3. The number of carbonyl (C=O) groups excluding carboxylic acids is 3. The molecule has 2 aliphatic heterocycles. The highest BCUT2D eigenvalue weighted by molar-refractivity contribution is 6.05. The Kier molecular flexibility index (Phi) is 11.3. The zero-order valence-corrected chi connectivity index (χ0v) is 32.3. The summed E-state index contributed by atoms with van der Waals surface area (Å²) in [5.74, 6) is 5.20. The van der Waals surface area contributed by atoms with Gasteiger partial charge in [0.2, 0.25) is 11.9 Å². The van der Waals surface area contributed by atoms with E-state index in [9.17, 15) is 27.6 Å². The smallest absolute Gasteiger partial charge is 0.417 e. The molecule has 2 aliphatic rings. The van der Waals surface area contributed by atoms with Crippen LogP contribution < -0.4 is 11.1 Å². The first-order valence-electron chi connectivity index (χ1n) is 18.2. The van der Waals surface area contributed by atoms with E-state index in [0.29, 0.717) is 59.2 Å². The Balaban J connectivity index is 1.17. The minimum absolute atomic E-state index is 0.00108. The molecule has 15 heteroatoms. The Morgan fingerprint density at radius 3 is 2.54 bits per heavy atom. The van der Waals surface area contributed by atoms with Crippen molar-refractivity contribution in [2.45, 2.75) is 64.4 Å². The molecule has 56 heavy (non-hydrogen) atoms. The molecule has 294 valence electrons. The lowest BCUT2D eigenvalue weighted by Gasteiger charge is -2.28. The molecule has 2 aromatic carbocycles. The number of ether oxygens (including phenoxy) is 1. The van der Waals surface area contributed by atoms with E-state index in [-0.39, 0.29) is 36.7 Å². The van der Waals surface area contributed by atoms with Gasteiger partial charge in [-0.05, 0) is 82.7 Å². The molecule has 0 spiro atoms. The van der Waals surface area contributed by atoms with Gasteiger partial charge in [0.1, 0.15) is 11.3 Å². The fraction of sp³-hybridized carbons (Fsp3) is 0.390. The van der Waals surface area contributed by atoms with Crippen LogP contribution in [0.2, 0.25) is 0 Å². The predicted octanol–water partition coefficient (Wildman–Crippen LogP) is 5.73. The second kappa shape index (κ2) is 15.8. The Morgan fingerprint density at radius 2 is 1.84 bits per heavy atom. The van der Waals surface area contributed by atoms with Gasteiger partial charge in [-0.15, -0.1) is 0 Å². The van der Waals surface area contributed by atoms with Crippen molar-refractivity contribution in [3.05, 3.63) is 93.8 Å². The number of nitrogens with two attached hydrogens (primary N) is 1. The van der Waals surface area contributed by atoms with Crippen LogP contribution in [0.15, 0.2) is 54.7 Å². The second-order valence-electron chi connectivity index (χ2n) is 15.3. The summed E-state index contributed by atoms with van der Waals surface area (Å²) in [7, 11) is 5.73. The average molecular weight is 771 g/mol. The highest BCUT2D eigenvalue weighted by atomic mass is 19.4. The van der Waals surface area contributed by atoms with E-state index in [2.05, 4.69) is 32.0 Å². The third kappa shape index (κ3) is 9.21. The molecule has 0 saturated carbocycles. The first kappa shape index (κ1) is 40.0. The third-order valence-electron chi connectivity index (χ3n) is 9.77. The number of anilines is 2. The fourth-order valence-electron chi connectivity index (χ4n) is 6.96. The average Bonchev–Trinajstić information content (AvgIpc) is 3.72. The molecular weight excluding hydrogens is 725 g/mol. The zero-order chi connectivity index (χ0) is 40.5. The maximum Gasteiger partial charge on any atom is 0.417 e. The predicted molar refractivity (Wildman–Crippen MR) is 205 cm³/mol.